The first kappa shape index (κ1) is 20.8. The van der Waals surface area contributed by atoms with Crippen molar-refractivity contribution in [2.24, 2.45) is 0 Å². The van der Waals surface area contributed by atoms with Crippen molar-refractivity contribution in [2.45, 2.75) is 13.1 Å². The molecule has 0 bridgehead atoms. The molecule has 0 unspecified atom stereocenters. The summed E-state index contributed by atoms with van der Waals surface area (Å²) in [6, 6.07) is 3.99. The summed E-state index contributed by atoms with van der Waals surface area (Å²) in [5, 5.41) is 12.2. The van der Waals surface area contributed by atoms with Crippen molar-refractivity contribution in [1.29, 1.82) is 0 Å². The van der Waals surface area contributed by atoms with Crippen LogP contribution in [0.25, 0.3) is 16.8 Å². The molecule has 0 saturated heterocycles. The highest BCUT2D eigenvalue weighted by Gasteiger charge is 2.42. The predicted molar refractivity (Wildman–Crippen MR) is 96.2 cm³/mol. The van der Waals surface area contributed by atoms with Gasteiger partial charge in [-0.15, -0.1) is 5.10 Å². The topological polar surface area (TPSA) is 103 Å². The third-order valence-corrected chi connectivity index (χ3v) is 4.29. The molecule has 152 valence electrons. The fraction of sp³-hybridized carbons (Fsp3) is 0.188. The fourth-order valence-corrected chi connectivity index (χ4v) is 2.87. The molecule has 3 rings (SSSR count). The molecular weight excluding hydrogens is 438 g/mol. The number of hydrogen-bond donors (Lipinski definition) is 1. The molecule has 13 heteroatoms. The van der Waals surface area contributed by atoms with E-state index in [0.29, 0.717) is 4.68 Å². The SMILES string of the molecule is CCOC(=O)c1c(C(F)(F)F)nnn1-c1ccc(Cl)cc1-c1cn[nH]c(=O)c1Cl. The Morgan fingerprint density at radius 2 is 2.00 bits per heavy atom. The van der Waals surface area contributed by atoms with Crippen LogP contribution in [0.3, 0.4) is 0 Å². The van der Waals surface area contributed by atoms with Crippen LogP contribution in [0.4, 0.5) is 13.2 Å². The summed E-state index contributed by atoms with van der Waals surface area (Å²) < 4.78 is 45.5. The average Bonchev–Trinajstić information content (AvgIpc) is 3.09. The van der Waals surface area contributed by atoms with E-state index >= 15 is 0 Å². The van der Waals surface area contributed by atoms with Gasteiger partial charge in [-0.25, -0.2) is 14.6 Å². The number of rotatable bonds is 4. The van der Waals surface area contributed by atoms with Crippen LogP contribution in [0.5, 0.6) is 0 Å². The van der Waals surface area contributed by atoms with E-state index < -0.39 is 29.1 Å². The number of benzene rings is 1. The van der Waals surface area contributed by atoms with E-state index in [2.05, 4.69) is 20.5 Å². The van der Waals surface area contributed by atoms with Crippen molar-refractivity contribution in [1.82, 2.24) is 25.2 Å². The number of hydrogen-bond acceptors (Lipinski definition) is 6. The van der Waals surface area contributed by atoms with Crippen LogP contribution in [-0.4, -0.2) is 37.8 Å². The summed E-state index contributed by atoms with van der Waals surface area (Å²) in [6.07, 6.45) is -3.78. The first-order valence-electron chi connectivity index (χ1n) is 7.88. The van der Waals surface area contributed by atoms with E-state index in [0.717, 1.165) is 0 Å². The van der Waals surface area contributed by atoms with E-state index in [9.17, 15) is 22.8 Å². The van der Waals surface area contributed by atoms with Gasteiger partial charge in [-0.05, 0) is 25.1 Å². The van der Waals surface area contributed by atoms with Crippen LogP contribution >= 0.6 is 23.2 Å². The molecule has 0 aliphatic heterocycles. The van der Waals surface area contributed by atoms with E-state index in [1.165, 1.54) is 31.3 Å². The quantitative estimate of drug-likeness (QED) is 0.613. The maximum Gasteiger partial charge on any atom is 0.437 e. The molecule has 1 aromatic carbocycles. The number of carbonyl (C=O) groups is 1. The van der Waals surface area contributed by atoms with Crippen LogP contribution in [0.15, 0.2) is 29.2 Å². The minimum Gasteiger partial charge on any atom is -0.461 e. The molecule has 0 spiro atoms. The lowest BCUT2D eigenvalue weighted by atomic mass is 10.1. The number of nitrogens with zero attached hydrogens (tertiary/aromatic N) is 4. The van der Waals surface area contributed by atoms with Crippen LogP contribution in [-0.2, 0) is 10.9 Å². The maximum atomic E-state index is 13.4. The Morgan fingerprint density at radius 1 is 1.28 bits per heavy atom. The first-order valence-corrected chi connectivity index (χ1v) is 8.64. The first-order chi connectivity index (χ1) is 13.6. The molecule has 0 atom stereocenters. The number of carbonyl (C=O) groups excluding carboxylic acids is 1. The Balaban J connectivity index is 2.33. The molecule has 29 heavy (non-hydrogen) atoms. The van der Waals surface area contributed by atoms with Crippen LogP contribution < -0.4 is 5.56 Å². The molecule has 1 N–H and O–H groups in total. The van der Waals surface area contributed by atoms with Crippen molar-refractivity contribution in [3.8, 4) is 16.8 Å². The predicted octanol–water partition coefficient (Wildman–Crippen LogP) is 3.52. The molecule has 0 fully saturated rings. The van der Waals surface area contributed by atoms with Gasteiger partial charge in [0, 0.05) is 16.1 Å². The minimum absolute atomic E-state index is 0.0465. The van der Waals surface area contributed by atoms with Gasteiger partial charge in [0.1, 0.15) is 5.02 Å². The molecule has 0 aliphatic rings. The van der Waals surface area contributed by atoms with Crippen LogP contribution in [0.2, 0.25) is 10.0 Å². The molecule has 2 heterocycles. The Hall–Kier alpha value is -2.92. The minimum atomic E-state index is -4.96. The highest BCUT2D eigenvalue weighted by molar-refractivity contribution is 6.33. The van der Waals surface area contributed by atoms with Gasteiger partial charge in [0.2, 0.25) is 5.69 Å². The molecule has 0 radical (unpaired) electrons. The molecule has 0 aliphatic carbocycles. The largest absolute Gasteiger partial charge is 0.461 e. The van der Waals surface area contributed by atoms with Gasteiger partial charge in [-0.1, -0.05) is 28.4 Å². The number of aromatic amines is 1. The van der Waals surface area contributed by atoms with Crippen LogP contribution in [0.1, 0.15) is 23.1 Å². The Bertz CT molecular complexity index is 1140. The summed E-state index contributed by atoms with van der Waals surface area (Å²) in [6.45, 7) is 1.27. The molecule has 2 aromatic heterocycles. The third kappa shape index (κ3) is 3.96. The van der Waals surface area contributed by atoms with Crippen molar-refractivity contribution in [2.75, 3.05) is 6.61 Å². The summed E-state index contributed by atoms with van der Waals surface area (Å²) in [4.78, 5) is 24.1. The van der Waals surface area contributed by atoms with Gasteiger partial charge >= 0.3 is 12.1 Å². The lowest BCUT2D eigenvalue weighted by Crippen LogP contribution is -2.18. The highest BCUT2D eigenvalue weighted by atomic mass is 35.5. The Labute approximate surface area is 170 Å². The van der Waals surface area contributed by atoms with E-state index in [4.69, 9.17) is 27.9 Å². The average molecular weight is 448 g/mol. The summed E-state index contributed by atoms with van der Waals surface area (Å²) in [5.74, 6) is -1.28. The van der Waals surface area contributed by atoms with Crippen molar-refractivity contribution in [3.63, 3.8) is 0 Å². The second-order valence-corrected chi connectivity index (χ2v) is 6.32. The monoisotopic (exact) mass is 447 g/mol. The standard InChI is InChI=1S/C16H10Cl2F3N5O3/c1-2-29-15(28)12-13(16(19,20)21)23-25-26(12)10-4-3-7(17)5-8(10)9-6-22-24-14(27)11(9)18/h3-6H,2H2,1H3,(H,24,27). The van der Waals surface area contributed by atoms with Gasteiger partial charge in [-0.3, -0.25) is 4.79 Å². The normalized spacial score (nSPS) is 11.5. The third-order valence-electron chi connectivity index (χ3n) is 3.68. The van der Waals surface area contributed by atoms with Gasteiger partial charge < -0.3 is 4.74 Å². The zero-order valence-corrected chi connectivity index (χ0v) is 15.9. The van der Waals surface area contributed by atoms with Gasteiger partial charge in [0.25, 0.3) is 5.56 Å². The lowest BCUT2D eigenvalue weighted by molar-refractivity contribution is -0.141. The fourth-order valence-electron chi connectivity index (χ4n) is 2.50. The van der Waals surface area contributed by atoms with E-state index in [-0.39, 0.29) is 33.5 Å². The number of H-pyrrole nitrogens is 1. The number of halogens is 5. The number of nitrogens with one attached hydrogen (secondary N) is 1. The van der Waals surface area contributed by atoms with Gasteiger partial charge in [0.05, 0.1) is 18.5 Å². The Kier molecular flexibility index (Phi) is 5.62. The smallest absolute Gasteiger partial charge is 0.437 e. The Morgan fingerprint density at radius 3 is 2.66 bits per heavy atom. The van der Waals surface area contributed by atoms with E-state index in [1.807, 2.05) is 0 Å². The highest BCUT2D eigenvalue weighted by Crippen LogP contribution is 2.36. The van der Waals surface area contributed by atoms with Crippen LogP contribution in [0, 0.1) is 0 Å². The number of ether oxygens (including phenoxy) is 1. The van der Waals surface area contributed by atoms with Gasteiger partial charge in [-0.2, -0.15) is 18.3 Å². The molecule has 0 amide bonds. The van der Waals surface area contributed by atoms with Crippen molar-refractivity contribution >= 4 is 29.2 Å². The molecular formula is C16H10Cl2F3N5O3. The number of alkyl halides is 3. The second kappa shape index (κ2) is 7.84. The second-order valence-electron chi connectivity index (χ2n) is 5.50. The summed E-state index contributed by atoms with van der Waals surface area (Å²) in [5.41, 5.74) is -3.06. The van der Waals surface area contributed by atoms with E-state index in [1.54, 1.807) is 0 Å². The summed E-state index contributed by atoms with van der Waals surface area (Å²) in [7, 11) is 0. The lowest BCUT2D eigenvalue weighted by Gasteiger charge is -2.13. The summed E-state index contributed by atoms with van der Waals surface area (Å²) >= 11 is 12.0. The molecule has 0 saturated carbocycles. The van der Waals surface area contributed by atoms with Gasteiger partial charge in [0.15, 0.2) is 5.69 Å². The molecule has 8 nitrogen and oxygen atoms in total. The maximum absolute atomic E-state index is 13.4. The number of aromatic nitrogens is 5. The zero-order valence-electron chi connectivity index (χ0n) is 14.4. The van der Waals surface area contributed by atoms with Crippen molar-refractivity contribution in [3.05, 3.63) is 56.2 Å². The van der Waals surface area contributed by atoms with Crippen molar-refractivity contribution < 1.29 is 22.7 Å². The number of esters is 1. The zero-order chi connectivity index (χ0) is 21.3. The molecule has 3 aromatic rings.